The number of aromatic carboxylic acids is 1. The lowest BCUT2D eigenvalue weighted by atomic mass is 10.1. The quantitative estimate of drug-likeness (QED) is 0.876. The highest BCUT2D eigenvalue weighted by Gasteiger charge is 2.03. The molecule has 4 heteroatoms. The van der Waals surface area contributed by atoms with Crippen molar-refractivity contribution in [2.24, 2.45) is 0 Å². The van der Waals surface area contributed by atoms with Crippen molar-refractivity contribution in [1.82, 2.24) is 0 Å². The van der Waals surface area contributed by atoms with E-state index in [1.807, 2.05) is 24.3 Å². The molecule has 0 spiro atoms. The van der Waals surface area contributed by atoms with Crippen molar-refractivity contribution >= 4 is 17.3 Å². The topological polar surface area (TPSA) is 73.1 Å². The number of nitriles is 1. The molecule has 0 radical (unpaired) electrons. The van der Waals surface area contributed by atoms with Gasteiger partial charge in [0, 0.05) is 11.4 Å². The predicted molar refractivity (Wildman–Crippen MR) is 72.4 cm³/mol. The average Bonchev–Trinajstić information content (AvgIpc) is 2.42. The van der Waals surface area contributed by atoms with Gasteiger partial charge in [0.15, 0.2) is 0 Å². The Morgan fingerprint density at radius 2 is 1.89 bits per heavy atom. The van der Waals surface area contributed by atoms with Crippen LogP contribution in [0.2, 0.25) is 0 Å². The minimum absolute atomic E-state index is 0.242. The van der Waals surface area contributed by atoms with Crippen LogP contribution in [0.1, 0.15) is 15.9 Å². The highest BCUT2D eigenvalue weighted by Crippen LogP contribution is 2.18. The minimum atomic E-state index is -0.951. The molecule has 0 bridgehead atoms. The minimum Gasteiger partial charge on any atom is -0.478 e. The summed E-state index contributed by atoms with van der Waals surface area (Å²) in [5.74, 6) is -0.951. The van der Waals surface area contributed by atoms with Gasteiger partial charge in [0.2, 0.25) is 0 Å². The summed E-state index contributed by atoms with van der Waals surface area (Å²) in [6.07, 6.45) is 0.384. The van der Waals surface area contributed by atoms with Crippen molar-refractivity contribution in [2.45, 2.75) is 6.42 Å². The van der Waals surface area contributed by atoms with Crippen LogP contribution in [0.3, 0.4) is 0 Å². The van der Waals surface area contributed by atoms with E-state index >= 15 is 0 Å². The van der Waals surface area contributed by atoms with Gasteiger partial charge in [-0.05, 0) is 35.9 Å². The van der Waals surface area contributed by atoms with E-state index in [1.165, 1.54) is 0 Å². The molecule has 19 heavy (non-hydrogen) atoms. The first kappa shape index (κ1) is 12.7. The lowest BCUT2D eigenvalue weighted by molar-refractivity contribution is 0.0697. The van der Waals surface area contributed by atoms with Gasteiger partial charge < -0.3 is 10.4 Å². The number of carbonyl (C=O) groups is 1. The normalized spacial score (nSPS) is 9.63. The molecule has 0 aromatic heterocycles. The number of rotatable bonds is 4. The summed E-state index contributed by atoms with van der Waals surface area (Å²) >= 11 is 0. The summed E-state index contributed by atoms with van der Waals surface area (Å²) in [5, 5.41) is 20.6. The molecule has 0 atom stereocenters. The molecule has 0 aliphatic rings. The van der Waals surface area contributed by atoms with E-state index < -0.39 is 5.97 Å². The molecule has 2 N–H and O–H groups in total. The van der Waals surface area contributed by atoms with Crippen molar-refractivity contribution < 1.29 is 9.90 Å². The van der Waals surface area contributed by atoms with Crippen LogP contribution in [0.25, 0.3) is 0 Å². The van der Waals surface area contributed by atoms with Crippen LogP contribution in [-0.4, -0.2) is 11.1 Å². The lowest BCUT2D eigenvalue weighted by Gasteiger charge is -2.07. The summed E-state index contributed by atoms with van der Waals surface area (Å²) in [6.45, 7) is 0. The number of carboxylic acid groups (broad SMARTS) is 1. The predicted octanol–water partition coefficient (Wildman–Crippen LogP) is 3.19. The van der Waals surface area contributed by atoms with E-state index in [4.69, 9.17) is 10.4 Å². The van der Waals surface area contributed by atoms with Crippen molar-refractivity contribution in [3.05, 3.63) is 59.7 Å². The summed E-state index contributed by atoms with van der Waals surface area (Å²) in [7, 11) is 0. The number of hydrogen-bond donors (Lipinski definition) is 2. The molecular weight excluding hydrogens is 240 g/mol. The number of anilines is 2. The fraction of sp³-hybridized carbons (Fsp3) is 0.0667. The van der Waals surface area contributed by atoms with Crippen LogP contribution in [0, 0.1) is 11.3 Å². The van der Waals surface area contributed by atoms with Crippen LogP contribution < -0.4 is 5.32 Å². The molecular formula is C15H12N2O2. The third-order valence-electron chi connectivity index (χ3n) is 2.64. The number of benzene rings is 2. The molecule has 0 fully saturated rings. The fourth-order valence-corrected chi connectivity index (χ4v) is 1.69. The monoisotopic (exact) mass is 252 g/mol. The Morgan fingerprint density at radius 1 is 1.16 bits per heavy atom. The molecule has 0 heterocycles. The zero-order valence-corrected chi connectivity index (χ0v) is 10.1. The van der Waals surface area contributed by atoms with Gasteiger partial charge in [-0.25, -0.2) is 4.79 Å². The molecule has 2 rings (SSSR count). The number of hydrogen-bond acceptors (Lipinski definition) is 3. The molecule has 0 unspecified atom stereocenters. The Bertz CT molecular complexity index is 627. The maximum atomic E-state index is 10.9. The van der Waals surface area contributed by atoms with E-state index in [9.17, 15) is 4.79 Å². The third-order valence-corrected chi connectivity index (χ3v) is 2.64. The van der Waals surface area contributed by atoms with Crippen LogP contribution in [0.5, 0.6) is 0 Å². The van der Waals surface area contributed by atoms with Crippen molar-refractivity contribution in [2.75, 3.05) is 5.32 Å². The standard InChI is InChI=1S/C15H12N2O2/c16-9-8-11-4-6-13(7-5-11)17-14-3-1-2-12(10-14)15(18)19/h1-7,10,17H,8H2,(H,18,19). The molecule has 0 amide bonds. The first-order valence-electron chi connectivity index (χ1n) is 5.75. The van der Waals surface area contributed by atoms with E-state index in [-0.39, 0.29) is 5.56 Å². The van der Waals surface area contributed by atoms with E-state index in [0.29, 0.717) is 12.1 Å². The SMILES string of the molecule is N#CCc1ccc(Nc2cccc(C(=O)O)c2)cc1. The van der Waals surface area contributed by atoms with Gasteiger partial charge in [-0.2, -0.15) is 5.26 Å². The van der Waals surface area contributed by atoms with E-state index in [1.54, 1.807) is 24.3 Å². The van der Waals surface area contributed by atoms with E-state index in [2.05, 4.69) is 11.4 Å². The molecule has 4 nitrogen and oxygen atoms in total. The Morgan fingerprint density at radius 3 is 2.53 bits per heavy atom. The van der Waals surface area contributed by atoms with Crippen LogP contribution in [0.4, 0.5) is 11.4 Å². The van der Waals surface area contributed by atoms with Gasteiger partial charge in [0.1, 0.15) is 0 Å². The van der Waals surface area contributed by atoms with Gasteiger partial charge in [-0.3, -0.25) is 0 Å². The molecule has 0 saturated heterocycles. The summed E-state index contributed by atoms with van der Waals surface area (Å²) in [4.78, 5) is 10.9. The van der Waals surface area contributed by atoms with Gasteiger partial charge in [0.25, 0.3) is 0 Å². The largest absolute Gasteiger partial charge is 0.478 e. The maximum Gasteiger partial charge on any atom is 0.335 e. The van der Waals surface area contributed by atoms with Crippen LogP contribution >= 0.6 is 0 Å². The molecule has 94 valence electrons. The number of carboxylic acids is 1. The summed E-state index contributed by atoms with van der Waals surface area (Å²) in [5.41, 5.74) is 2.76. The van der Waals surface area contributed by atoms with Crippen LogP contribution in [-0.2, 0) is 6.42 Å². The molecule has 0 aliphatic heterocycles. The fourth-order valence-electron chi connectivity index (χ4n) is 1.69. The highest BCUT2D eigenvalue weighted by atomic mass is 16.4. The van der Waals surface area contributed by atoms with Crippen molar-refractivity contribution in [1.29, 1.82) is 5.26 Å². The zero-order chi connectivity index (χ0) is 13.7. The second-order valence-corrected chi connectivity index (χ2v) is 4.04. The highest BCUT2D eigenvalue weighted by molar-refractivity contribution is 5.89. The Balaban J connectivity index is 2.14. The zero-order valence-electron chi connectivity index (χ0n) is 10.1. The van der Waals surface area contributed by atoms with Crippen LogP contribution in [0.15, 0.2) is 48.5 Å². The Kier molecular flexibility index (Phi) is 3.79. The van der Waals surface area contributed by atoms with Gasteiger partial charge >= 0.3 is 5.97 Å². The first-order valence-corrected chi connectivity index (χ1v) is 5.75. The first-order chi connectivity index (χ1) is 9.19. The second-order valence-electron chi connectivity index (χ2n) is 4.04. The number of nitrogens with one attached hydrogen (secondary N) is 1. The van der Waals surface area contributed by atoms with Crippen molar-refractivity contribution in [3.8, 4) is 6.07 Å². The second kappa shape index (κ2) is 5.69. The molecule has 0 saturated carbocycles. The van der Waals surface area contributed by atoms with Crippen molar-refractivity contribution in [3.63, 3.8) is 0 Å². The van der Waals surface area contributed by atoms with Gasteiger partial charge in [-0.15, -0.1) is 0 Å². The maximum absolute atomic E-state index is 10.9. The summed E-state index contributed by atoms with van der Waals surface area (Å²) < 4.78 is 0. The lowest BCUT2D eigenvalue weighted by Crippen LogP contribution is -1.97. The smallest absolute Gasteiger partial charge is 0.335 e. The number of nitrogens with zero attached hydrogens (tertiary/aromatic N) is 1. The van der Waals surface area contributed by atoms with Gasteiger partial charge in [-0.1, -0.05) is 18.2 Å². The molecule has 0 aliphatic carbocycles. The third kappa shape index (κ3) is 3.33. The van der Waals surface area contributed by atoms with E-state index in [0.717, 1.165) is 11.3 Å². The Hall–Kier alpha value is -2.80. The summed E-state index contributed by atoms with van der Waals surface area (Å²) in [6, 6.07) is 16.2. The van der Waals surface area contributed by atoms with Gasteiger partial charge in [0.05, 0.1) is 18.1 Å². The molecule has 2 aromatic rings. The molecule has 2 aromatic carbocycles. The Labute approximate surface area is 110 Å². The average molecular weight is 252 g/mol.